The minimum Gasteiger partial charge on any atom is -0.360 e. The summed E-state index contributed by atoms with van der Waals surface area (Å²) in [5, 5.41) is 10.8. The van der Waals surface area contributed by atoms with E-state index in [1.165, 1.54) is 11.3 Å². The van der Waals surface area contributed by atoms with E-state index in [0.29, 0.717) is 11.8 Å². The Hall–Kier alpha value is -2.15. The van der Waals surface area contributed by atoms with Gasteiger partial charge in [-0.25, -0.2) is 0 Å². The van der Waals surface area contributed by atoms with Crippen LogP contribution in [-0.2, 0) is 4.79 Å². The van der Waals surface area contributed by atoms with Crippen molar-refractivity contribution in [3.05, 3.63) is 34.4 Å². The third-order valence-corrected chi connectivity index (χ3v) is 5.99. The van der Waals surface area contributed by atoms with Gasteiger partial charge in [0, 0.05) is 30.9 Å². The van der Waals surface area contributed by atoms with E-state index in [2.05, 4.69) is 30.6 Å². The van der Waals surface area contributed by atoms with Crippen LogP contribution in [0.25, 0.3) is 0 Å². The predicted octanol–water partition coefficient (Wildman–Crippen LogP) is 1.19. The molecule has 0 aromatic heterocycles. The fraction of sp³-hybridized carbons (Fsp3) is 0.650. The molecule has 1 N–H and O–H groups in total. The number of likely N-dealkylation sites (tertiary alicyclic amines) is 1. The molecule has 27 heavy (non-hydrogen) atoms. The van der Waals surface area contributed by atoms with Crippen LogP contribution in [0, 0.1) is 22.0 Å². The van der Waals surface area contributed by atoms with Crippen molar-refractivity contribution < 1.29 is 14.6 Å². The van der Waals surface area contributed by atoms with Crippen molar-refractivity contribution in [2.75, 3.05) is 44.2 Å². The minimum absolute atomic E-state index is 0.0125. The maximum Gasteiger partial charge on any atom is 0.280 e. The molecule has 0 aliphatic carbocycles. The summed E-state index contributed by atoms with van der Waals surface area (Å²) >= 11 is 0. The number of amides is 1. The number of benzene rings is 1. The third-order valence-electron chi connectivity index (χ3n) is 5.99. The maximum absolute atomic E-state index is 13.0. The van der Waals surface area contributed by atoms with E-state index in [0.717, 1.165) is 45.0 Å². The van der Waals surface area contributed by atoms with Gasteiger partial charge in [-0.15, -0.1) is 0 Å². The molecule has 2 fully saturated rings. The number of carbonyl (C=O) groups is 1. The van der Waals surface area contributed by atoms with Crippen LogP contribution in [0.15, 0.2) is 24.3 Å². The molecule has 2 aliphatic heterocycles. The van der Waals surface area contributed by atoms with Gasteiger partial charge in [-0.3, -0.25) is 14.9 Å². The van der Waals surface area contributed by atoms with Crippen molar-refractivity contribution >= 4 is 17.3 Å². The number of rotatable bonds is 4. The highest BCUT2D eigenvalue weighted by Crippen LogP contribution is 2.22. The summed E-state index contributed by atoms with van der Waals surface area (Å²) < 4.78 is 0. The number of piperidine rings is 1. The lowest BCUT2D eigenvalue weighted by Crippen LogP contribution is -3.19. The number of nitrogens with one attached hydrogen (secondary N) is 1. The summed E-state index contributed by atoms with van der Waals surface area (Å²) in [6, 6.07) is 6.72. The molecule has 1 amide bonds. The van der Waals surface area contributed by atoms with Gasteiger partial charge in [-0.05, 0) is 37.3 Å². The second kappa shape index (κ2) is 8.25. The monoisotopic (exact) mass is 375 g/mol. The lowest BCUT2D eigenvalue weighted by molar-refractivity contribution is -0.915. The normalized spacial score (nSPS) is 25.3. The van der Waals surface area contributed by atoms with Crippen molar-refractivity contribution in [1.82, 2.24) is 4.90 Å². The summed E-state index contributed by atoms with van der Waals surface area (Å²) in [4.78, 5) is 29.0. The van der Waals surface area contributed by atoms with E-state index < -0.39 is 0 Å². The van der Waals surface area contributed by atoms with Crippen LogP contribution in [0.3, 0.4) is 0 Å². The standard InChI is InChI=1S/C20H30N4O3/c1-15-12-16(2)14-23(13-15)20(25)17(3)21-8-10-22(11-9-21)18-4-6-19(7-5-18)24(26)27/h4-7,15-17H,8-14H2,1-3H3/p+1/t15-,16-,17-/m1/s1. The van der Waals surface area contributed by atoms with E-state index in [9.17, 15) is 14.9 Å². The van der Waals surface area contributed by atoms with Gasteiger partial charge in [-0.1, -0.05) is 13.8 Å². The summed E-state index contributed by atoms with van der Waals surface area (Å²) in [5.41, 5.74) is 1.13. The first-order valence-corrected chi connectivity index (χ1v) is 9.98. The Morgan fingerprint density at radius 1 is 1.15 bits per heavy atom. The predicted molar refractivity (Wildman–Crippen MR) is 105 cm³/mol. The van der Waals surface area contributed by atoms with E-state index in [-0.39, 0.29) is 22.6 Å². The number of carbonyl (C=O) groups excluding carboxylic acids is 1. The number of nitro benzene ring substituents is 1. The molecule has 0 spiro atoms. The lowest BCUT2D eigenvalue weighted by Gasteiger charge is -2.40. The number of non-ortho nitro benzene ring substituents is 1. The Morgan fingerprint density at radius 3 is 2.22 bits per heavy atom. The fourth-order valence-electron chi connectivity index (χ4n) is 4.56. The SMILES string of the molecule is C[C@@H]1C[C@@H](C)CN(C(=O)[C@@H](C)[NH+]2CCN(c3ccc([N+](=O)[O-])cc3)CC2)C1. The zero-order chi connectivity index (χ0) is 19.6. The van der Waals surface area contributed by atoms with Crippen LogP contribution in [0.2, 0.25) is 0 Å². The molecule has 148 valence electrons. The molecule has 0 saturated carbocycles. The van der Waals surface area contributed by atoms with Crippen LogP contribution >= 0.6 is 0 Å². The van der Waals surface area contributed by atoms with Gasteiger partial charge in [0.2, 0.25) is 0 Å². The second-order valence-electron chi connectivity index (χ2n) is 8.33. The first kappa shape index (κ1) is 19.6. The number of quaternary nitrogens is 1. The maximum atomic E-state index is 13.0. The smallest absolute Gasteiger partial charge is 0.280 e. The van der Waals surface area contributed by atoms with Crippen LogP contribution in [-0.4, -0.2) is 61.0 Å². The highest BCUT2D eigenvalue weighted by atomic mass is 16.6. The molecule has 7 heteroatoms. The van der Waals surface area contributed by atoms with Crippen LogP contribution in [0.4, 0.5) is 11.4 Å². The molecule has 0 radical (unpaired) electrons. The van der Waals surface area contributed by atoms with Crippen LogP contribution in [0.5, 0.6) is 0 Å². The highest BCUT2D eigenvalue weighted by molar-refractivity contribution is 5.80. The van der Waals surface area contributed by atoms with Gasteiger partial charge in [0.25, 0.3) is 11.6 Å². The average Bonchev–Trinajstić information content (AvgIpc) is 2.66. The van der Waals surface area contributed by atoms with Gasteiger partial charge >= 0.3 is 0 Å². The molecule has 1 aromatic carbocycles. The number of piperazine rings is 1. The molecular weight excluding hydrogens is 344 g/mol. The molecule has 7 nitrogen and oxygen atoms in total. The van der Waals surface area contributed by atoms with Crippen molar-refractivity contribution in [2.24, 2.45) is 11.8 Å². The average molecular weight is 375 g/mol. The van der Waals surface area contributed by atoms with Crippen molar-refractivity contribution in [1.29, 1.82) is 0 Å². The molecule has 0 bridgehead atoms. The van der Waals surface area contributed by atoms with E-state index in [4.69, 9.17) is 0 Å². The Morgan fingerprint density at radius 2 is 1.70 bits per heavy atom. The van der Waals surface area contributed by atoms with E-state index >= 15 is 0 Å². The Labute approximate surface area is 161 Å². The number of nitro groups is 1. The van der Waals surface area contributed by atoms with Crippen LogP contribution < -0.4 is 9.80 Å². The molecule has 2 heterocycles. The number of hydrogen-bond donors (Lipinski definition) is 1. The second-order valence-corrected chi connectivity index (χ2v) is 8.33. The van der Waals surface area contributed by atoms with Crippen molar-refractivity contribution in [3.8, 4) is 0 Å². The number of hydrogen-bond acceptors (Lipinski definition) is 4. The van der Waals surface area contributed by atoms with Crippen molar-refractivity contribution in [2.45, 2.75) is 33.2 Å². The summed E-state index contributed by atoms with van der Waals surface area (Å²) in [6.07, 6.45) is 1.21. The fourth-order valence-corrected chi connectivity index (χ4v) is 4.56. The quantitative estimate of drug-likeness (QED) is 0.634. The molecule has 0 unspecified atom stereocenters. The molecule has 3 atom stereocenters. The Bertz CT molecular complexity index is 660. The number of nitrogens with zero attached hydrogens (tertiary/aromatic N) is 3. The first-order valence-electron chi connectivity index (χ1n) is 9.98. The number of anilines is 1. The van der Waals surface area contributed by atoms with Gasteiger partial charge in [-0.2, -0.15) is 0 Å². The first-order chi connectivity index (χ1) is 12.8. The van der Waals surface area contributed by atoms with Gasteiger partial charge in [0.15, 0.2) is 6.04 Å². The highest BCUT2D eigenvalue weighted by Gasteiger charge is 2.34. The van der Waals surface area contributed by atoms with Crippen LogP contribution in [0.1, 0.15) is 27.2 Å². The van der Waals surface area contributed by atoms with Gasteiger partial charge < -0.3 is 14.7 Å². The molecule has 1 aromatic rings. The topological polar surface area (TPSA) is 71.1 Å². The molecule has 3 rings (SSSR count). The zero-order valence-corrected chi connectivity index (χ0v) is 16.6. The molecule has 2 aliphatic rings. The summed E-state index contributed by atoms with van der Waals surface area (Å²) in [7, 11) is 0. The third kappa shape index (κ3) is 4.58. The van der Waals surface area contributed by atoms with Crippen molar-refractivity contribution in [3.63, 3.8) is 0 Å². The molecular formula is C20H31N4O3+. The zero-order valence-electron chi connectivity index (χ0n) is 16.6. The minimum atomic E-state index is -0.374. The Balaban J connectivity index is 1.55. The Kier molecular flexibility index (Phi) is 5.99. The van der Waals surface area contributed by atoms with E-state index in [1.54, 1.807) is 12.1 Å². The van der Waals surface area contributed by atoms with Gasteiger partial charge in [0.05, 0.1) is 31.1 Å². The van der Waals surface area contributed by atoms with Gasteiger partial charge in [0.1, 0.15) is 0 Å². The summed E-state index contributed by atoms with van der Waals surface area (Å²) in [5.74, 6) is 1.45. The lowest BCUT2D eigenvalue weighted by atomic mass is 9.91. The molecule has 2 saturated heterocycles. The summed E-state index contributed by atoms with van der Waals surface area (Å²) in [6.45, 7) is 11.8. The largest absolute Gasteiger partial charge is 0.360 e. The van der Waals surface area contributed by atoms with E-state index in [1.807, 2.05) is 12.1 Å².